The number of hydrogen-bond donors (Lipinski definition) is 0. The minimum Gasteiger partial charge on any atom is -0.455 e. The van der Waals surface area contributed by atoms with Crippen LogP contribution in [0.5, 0.6) is 0 Å². The van der Waals surface area contributed by atoms with Gasteiger partial charge in [0, 0.05) is 53.0 Å². The van der Waals surface area contributed by atoms with Crippen molar-refractivity contribution in [2.24, 2.45) is 0 Å². The van der Waals surface area contributed by atoms with Crippen molar-refractivity contribution < 1.29 is 4.42 Å². The second-order valence-corrected chi connectivity index (χ2v) is 13.8. The zero-order chi connectivity index (χ0) is 32.8. The molecule has 0 atom stereocenters. The van der Waals surface area contributed by atoms with Crippen LogP contribution >= 0.6 is 11.3 Å². The highest BCUT2D eigenvalue weighted by Gasteiger charge is 2.23. The van der Waals surface area contributed by atoms with Gasteiger partial charge in [0.15, 0.2) is 17.5 Å². The lowest BCUT2D eigenvalue weighted by atomic mass is 9.94. The summed E-state index contributed by atoms with van der Waals surface area (Å²) >= 11 is 1.81. The van der Waals surface area contributed by atoms with E-state index in [1.54, 1.807) is 0 Å². The number of furan rings is 1. The van der Waals surface area contributed by atoms with Crippen LogP contribution < -0.4 is 0 Å². The van der Waals surface area contributed by atoms with Crippen molar-refractivity contribution >= 4 is 85.8 Å². The molecule has 0 radical (unpaired) electrons. The Balaban J connectivity index is 1.27. The van der Waals surface area contributed by atoms with Crippen LogP contribution in [0.2, 0.25) is 0 Å². The molecule has 0 fully saturated rings. The van der Waals surface area contributed by atoms with Gasteiger partial charge in [-0.1, -0.05) is 115 Å². The van der Waals surface area contributed by atoms with Gasteiger partial charge >= 0.3 is 0 Å². The molecule has 8 aromatic carbocycles. The third-order valence-corrected chi connectivity index (χ3v) is 11.0. The molecule has 0 amide bonds. The lowest BCUT2D eigenvalue weighted by Gasteiger charge is -2.12. The quantitative estimate of drug-likeness (QED) is 0.178. The van der Waals surface area contributed by atoms with Crippen molar-refractivity contribution in [3.63, 3.8) is 0 Å². The molecule has 0 aliphatic rings. The molecule has 11 rings (SSSR count). The monoisotopic (exact) mass is 655 g/mol. The number of aromatic nitrogens is 3. The Labute approximate surface area is 289 Å². The fourth-order valence-electron chi connectivity index (χ4n) is 7.58. The van der Waals surface area contributed by atoms with Crippen molar-refractivity contribution in [1.29, 1.82) is 0 Å². The van der Waals surface area contributed by atoms with Crippen LogP contribution in [0.4, 0.5) is 0 Å². The fourth-order valence-corrected chi connectivity index (χ4v) is 8.66. The number of hydrogen-bond acceptors (Lipinski definition) is 5. The predicted molar refractivity (Wildman–Crippen MR) is 209 cm³/mol. The molecule has 0 saturated heterocycles. The third-order valence-electron chi connectivity index (χ3n) is 9.88. The standard InChI is InChI=1S/C45H25N3OS/c1-2-12-28(13-3-1)43-46-44(30-21-23-38-34(25-30)33-16-8-9-17-37(33)50-38)48-45(47-43)35-24-29-19-18-26-10-4-6-14-31(26)39(29)42-41(35)40-32-15-7-5-11-27(32)20-22-36(40)49-42/h1-25H. The van der Waals surface area contributed by atoms with E-state index in [0.29, 0.717) is 17.5 Å². The largest absolute Gasteiger partial charge is 0.455 e. The highest BCUT2D eigenvalue weighted by atomic mass is 32.1. The maximum atomic E-state index is 6.88. The van der Waals surface area contributed by atoms with Crippen LogP contribution in [0.1, 0.15) is 0 Å². The summed E-state index contributed by atoms with van der Waals surface area (Å²) in [5.41, 5.74) is 4.49. The summed E-state index contributed by atoms with van der Waals surface area (Å²) in [6.07, 6.45) is 0. The Hall–Kier alpha value is -6.43. The average molecular weight is 656 g/mol. The van der Waals surface area contributed by atoms with Crippen molar-refractivity contribution in [3.05, 3.63) is 152 Å². The molecule has 0 N–H and O–H groups in total. The molecule has 0 unspecified atom stereocenters. The first kappa shape index (κ1) is 27.5. The Morgan fingerprint density at radius 1 is 0.400 bits per heavy atom. The lowest BCUT2D eigenvalue weighted by molar-refractivity contribution is 0.673. The summed E-state index contributed by atoms with van der Waals surface area (Å²) in [6.45, 7) is 0. The van der Waals surface area contributed by atoms with Crippen molar-refractivity contribution in [2.45, 2.75) is 0 Å². The van der Waals surface area contributed by atoms with Gasteiger partial charge < -0.3 is 4.42 Å². The minimum absolute atomic E-state index is 0.611. The van der Waals surface area contributed by atoms with Crippen LogP contribution in [-0.4, -0.2) is 15.0 Å². The molecule has 3 heterocycles. The first-order valence-electron chi connectivity index (χ1n) is 16.7. The fraction of sp³-hybridized carbons (Fsp3) is 0. The molecule has 50 heavy (non-hydrogen) atoms. The second-order valence-electron chi connectivity index (χ2n) is 12.8. The number of rotatable bonds is 3. The van der Waals surface area contributed by atoms with Gasteiger partial charge in [-0.2, -0.15) is 0 Å². The van der Waals surface area contributed by atoms with E-state index < -0.39 is 0 Å². The van der Waals surface area contributed by atoms with E-state index in [2.05, 4.69) is 133 Å². The molecular weight excluding hydrogens is 631 g/mol. The van der Waals surface area contributed by atoms with E-state index in [-0.39, 0.29) is 0 Å². The van der Waals surface area contributed by atoms with Gasteiger partial charge in [-0.05, 0) is 63.3 Å². The molecule has 11 aromatic rings. The smallest absolute Gasteiger partial charge is 0.164 e. The van der Waals surface area contributed by atoms with E-state index in [0.717, 1.165) is 65.6 Å². The van der Waals surface area contributed by atoms with Crippen molar-refractivity contribution in [2.75, 3.05) is 0 Å². The van der Waals surface area contributed by atoms with E-state index in [9.17, 15) is 0 Å². The SMILES string of the molecule is c1ccc(-c2nc(-c3ccc4sc5ccccc5c4c3)nc(-c3cc4ccc5ccccc5c4c4oc5ccc6ccccc6c5c34)n2)cc1. The predicted octanol–water partition coefficient (Wildman–Crippen LogP) is 12.6. The summed E-state index contributed by atoms with van der Waals surface area (Å²) in [6, 6.07) is 53.2. The molecular formula is C45H25N3OS. The zero-order valence-corrected chi connectivity index (χ0v) is 27.4. The molecule has 0 aliphatic carbocycles. The van der Waals surface area contributed by atoms with Gasteiger partial charge in [0.2, 0.25) is 0 Å². The number of thiophene rings is 1. The van der Waals surface area contributed by atoms with Gasteiger partial charge in [0.25, 0.3) is 0 Å². The van der Waals surface area contributed by atoms with Gasteiger partial charge in [-0.3, -0.25) is 0 Å². The Kier molecular flexibility index (Phi) is 5.80. The first-order valence-corrected chi connectivity index (χ1v) is 17.5. The molecule has 232 valence electrons. The van der Waals surface area contributed by atoms with Crippen LogP contribution in [-0.2, 0) is 0 Å². The summed E-state index contributed by atoms with van der Waals surface area (Å²) in [4.78, 5) is 15.6. The third kappa shape index (κ3) is 4.08. The number of benzene rings is 8. The second kappa shape index (κ2) is 10.5. The summed E-state index contributed by atoms with van der Waals surface area (Å²) in [5, 5.41) is 11.3. The summed E-state index contributed by atoms with van der Waals surface area (Å²) in [7, 11) is 0. The van der Waals surface area contributed by atoms with Gasteiger partial charge in [0.05, 0.1) is 0 Å². The Morgan fingerprint density at radius 3 is 1.84 bits per heavy atom. The highest BCUT2D eigenvalue weighted by molar-refractivity contribution is 7.25. The van der Waals surface area contributed by atoms with Crippen molar-refractivity contribution in [1.82, 2.24) is 15.0 Å². The molecule has 4 nitrogen and oxygen atoms in total. The molecule has 3 aromatic heterocycles. The molecule has 0 aliphatic heterocycles. The van der Waals surface area contributed by atoms with Crippen LogP contribution in [0.3, 0.4) is 0 Å². The summed E-state index contributed by atoms with van der Waals surface area (Å²) < 4.78 is 9.40. The van der Waals surface area contributed by atoms with Gasteiger partial charge in [0.1, 0.15) is 11.2 Å². The molecule has 0 saturated carbocycles. The van der Waals surface area contributed by atoms with Crippen LogP contribution in [0.15, 0.2) is 156 Å². The minimum atomic E-state index is 0.611. The maximum Gasteiger partial charge on any atom is 0.164 e. The molecule has 0 bridgehead atoms. The van der Waals surface area contributed by atoms with E-state index in [4.69, 9.17) is 19.4 Å². The normalized spacial score (nSPS) is 12.0. The van der Waals surface area contributed by atoms with Gasteiger partial charge in [-0.25, -0.2) is 15.0 Å². The molecule has 0 spiro atoms. The first-order chi connectivity index (χ1) is 24.8. The lowest BCUT2D eigenvalue weighted by Crippen LogP contribution is -2.00. The number of nitrogens with zero attached hydrogens (tertiary/aromatic N) is 3. The highest BCUT2D eigenvalue weighted by Crippen LogP contribution is 2.45. The Morgan fingerprint density at radius 2 is 1.02 bits per heavy atom. The van der Waals surface area contributed by atoms with Crippen LogP contribution in [0.25, 0.3) is 109 Å². The summed E-state index contributed by atoms with van der Waals surface area (Å²) in [5.74, 6) is 1.88. The van der Waals surface area contributed by atoms with E-state index in [1.807, 2.05) is 29.5 Å². The zero-order valence-electron chi connectivity index (χ0n) is 26.6. The van der Waals surface area contributed by atoms with E-state index >= 15 is 0 Å². The molecule has 5 heteroatoms. The van der Waals surface area contributed by atoms with Gasteiger partial charge in [-0.15, -0.1) is 11.3 Å². The van der Waals surface area contributed by atoms with E-state index in [1.165, 1.54) is 25.6 Å². The average Bonchev–Trinajstić information content (AvgIpc) is 3.76. The van der Waals surface area contributed by atoms with Crippen molar-refractivity contribution in [3.8, 4) is 34.2 Å². The Bertz CT molecular complexity index is 3160. The van der Waals surface area contributed by atoms with Crippen LogP contribution in [0, 0.1) is 0 Å². The number of fused-ring (bicyclic) bond motifs is 12. The topological polar surface area (TPSA) is 51.8 Å². The maximum absolute atomic E-state index is 6.88.